The molecule has 1 aliphatic heterocycles. The molecule has 2 rings (SSSR count). The van der Waals surface area contributed by atoms with Gasteiger partial charge in [0, 0.05) is 6.04 Å². The number of nitrogens with two attached hydrogens (primary N) is 1. The molecule has 1 aromatic carbocycles. The Bertz CT molecular complexity index is 509. The predicted molar refractivity (Wildman–Crippen MR) is 68.1 cm³/mol. The fraction of sp³-hybridized carbons (Fsp3) is 0.500. The maximum Gasteiger partial charge on any atom is 0.156 e. The SMILES string of the molecule is CC(N)c1ccc(OC2CS(=O)(=O)CC2O)cc1. The Hall–Kier alpha value is -1.11. The van der Waals surface area contributed by atoms with Gasteiger partial charge in [-0.05, 0) is 24.6 Å². The average Bonchev–Trinajstić information content (AvgIpc) is 2.52. The summed E-state index contributed by atoms with van der Waals surface area (Å²) in [6.07, 6.45) is -1.64. The van der Waals surface area contributed by atoms with E-state index in [1.54, 1.807) is 12.1 Å². The molecule has 1 aromatic rings. The molecule has 3 N–H and O–H groups in total. The monoisotopic (exact) mass is 271 g/mol. The molecule has 0 spiro atoms. The molecule has 0 saturated carbocycles. The lowest BCUT2D eigenvalue weighted by Gasteiger charge is -2.16. The van der Waals surface area contributed by atoms with Gasteiger partial charge in [0.05, 0.1) is 11.5 Å². The summed E-state index contributed by atoms with van der Waals surface area (Å²) in [5.74, 6) is 0.180. The molecule has 1 fully saturated rings. The Morgan fingerprint density at radius 3 is 2.39 bits per heavy atom. The summed E-state index contributed by atoms with van der Waals surface area (Å²) < 4.78 is 28.1. The predicted octanol–water partition coefficient (Wildman–Crippen LogP) is 0.243. The maximum atomic E-state index is 11.3. The molecule has 0 bridgehead atoms. The van der Waals surface area contributed by atoms with Crippen LogP contribution in [0.15, 0.2) is 24.3 Å². The van der Waals surface area contributed by atoms with E-state index in [9.17, 15) is 13.5 Å². The van der Waals surface area contributed by atoms with Gasteiger partial charge in [-0.15, -0.1) is 0 Å². The van der Waals surface area contributed by atoms with Crippen molar-refractivity contribution in [1.29, 1.82) is 0 Å². The summed E-state index contributed by atoms with van der Waals surface area (Å²) in [7, 11) is -3.18. The molecule has 1 aliphatic rings. The zero-order valence-corrected chi connectivity index (χ0v) is 10.9. The zero-order chi connectivity index (χ0) is 13.3. The van der Waals surface area contributed by atoms with Gasteiger partial charge in [-0.2, -0.15) is 0 Å². The Kier molecular flexibility index (Phi) is 3.61. The van der Waals surface area contributed by atoms with Gasteiger partial charge in [-0.3, -0.25) is 0 Å². The number of sulfone groups is 1. The summed E-state index contributed by atoms with van der Waals surface area (Å²) in [4.78, 5) is 0. The second-order valence-corrected chi connectivity index (χ2v) is 6.81. The van der Waals surface area contributed by atoms with Crippen LogP contribution in [-0.2, 0) is 9.84 Å². The summed E-state index contributed by atoms with van der Waals surface area (Å²) in [6, 6.07) is 7.06. The van der Waals surface area contributed by atoms with Crippen LogP contribution in [0.4, 0.5) is 0 Å². The van der Waals surface area contributed by atoms with Gasteiger partial charge in [-0.1, -0.05) is 12.1 Å². The fourth-order valence-corrected chi connectivity index (χ4v) is 3.60. The van der Waals surface area contributed by atoms with Crippen molar-refractivity contribution in [3.8, 4) is 5.75 Å². The second-order valence-electron chi connectivity index (χ2n) is 4.66. The summed E-state index contributed by atoms with van der Waals surface area (Å²) in [5.41, 5.74) is 6.70. The molecule has 3 atom stereocenters. The average molecular weight is 271 g/mol. The molecule has 0 amide bonds. The molecule has 0 radical (unpaired) electrons. The van der Waals surface area contributed by atoms with Crippen LogP contribution >= 0.6 is 0 Å². The van der Waals surface area contributed by atoms with Crippen LogP contribution in [0, 0.1) is 0 Å². The van der Waals surface area contributed by atoms with Crippen molar-refractivity contribution >= 4 is 9.84 Å². The van der Waals surface area contributed by atoms with E-state index in [1.807, 2.05) is 19.1 Å². The molecular formula is C12H17NO4S. The number of hydrogen-bond acceptors (Lipinski definition) is 5. The fourth-order valence-electron chi connectivity index (χ4n) is 1.93. The van der Waals surface area contributed by atoms with E-state index >= 15 is 0 Å². The van der Waals surface area contributed by atoms with Crippen molar-refractivity contribution in [2.75, 3.05) is 11.5 Å². The highest BCUT2D eigenvalue weighted by Crippen LogP contribution is 2.22. The van der Waals surface area contributed by atoms with Crippen LogP contribution in [-0.4, -0.2) is 37.2 Å². The highest BCUT2D eigenvalue weighted by atomic mass is 32.2. The largest absolute Gasteiger partial charge is 0.487 e. The number of aliphatic hydroxyl groups is 1. The third kappa shape index (κ3) is 3.01. The van der Waals surface area contributed by atoms with Gasteiger partial charge in [0.25, 0.3) is 0 Å². The lowest BCUT2D eigenvalue weighted by molar-refractivity contribution is 0.0738. The Labute approximate surface area is 106 Å². The second kappa shape index (κ2) is 4.87. The number of benzene rings is 1. The Morgan fingerprint density at radius 1 is 1.33 bits per heavy atom. The Balaban J connectivity index is 2.06. The van der Waals surface area contributed by atoms with Crippen molar-refractivity contribution in [3.63, 3.8) is 0 Å². The molecule has 0 aromatic heterocycles. The molecular weight excluding hydrogens is 254 g/mol. The first kappa shape index (κ1) is 13.3. The minimum Gasteiger partial charge on any atom is -0.487 e. The normalized spacial score (nSPS) is 27.9. The number of aliphatic hydroxyl groups excluding tert-OH is 1. The molecule has 0 aliphatic carbocycles. The maximum absolute atomic E-state index is 11.3. The van der Waals surface area contributed by atoms with Crippen molar-refractivity contribution in [1.82, 2.24) is 0 Å². The van der Waals surface area contributed by atoms with Crippen LogP contribution in [0.3, 0.4) is 0 Å². The molecule has 1 saturated heterocycles. The standard InChI is InChI=1S/C12H17NO4S/c1-8(13)9-2-4-10(5-3-9)17-12-7-18(15,16)6-11(12)14/h2-5,8,11-12,14H,6-7,13H2,1H3. The van der Waals surface area contributed by atoms with Crippen LogP contribution < -0.4 is 10.5 Å². The number of hydrogen-bond donors (Lipinski definition) is 2. The van der Waals surface area contributed by atoms with Crippen LogP contribution in [0.5, 0.6) is 5.75 Å². The van der Waals surface area contributed by atoms with Gasteiger partial charge in [-0.25, -0.2) is 8.42 Å². The van der Waals surface area contributed by atoms with E-state index in [2.05, 4.69) is 0 Å². The molecule has 100 valence electrons. The summed E-state index contributed by atoms with van der Waals surface area (Å²) in [5, 5.41) is 9.60. The smallest absolute Gasteiger partial charge is 0.156 e. The van der Waals surface area contributed by atoms with Gasteiger partial charge in [0.1, 0.15) is 18.0 Å². The van der Waals surface area contributed by atoms with E-state index in [0.29, 0.717) is 5.75 Å². The first-order valence-electron chi connectivity index (χ1n) is 5.78. The van der Waals surface area contributed by atoms with Crippen molar-refractivity contribution in [2.24, 2.45) is 5.73 Å². The first-order chi connectivity index (χ1) is 8.37. The summed E-state index contributed by atoms with van der Waals surface area (Å²) in [6.45, 7) is 1.88. The van der Waals surface area contributed by atoms with E-state index in [1.165, 1.54) is 0 Å². The first-order valence-corrected chi connectivity index (χ1v) is 7.60. The van der Waals surface area contributed by atoms with Crippen molar-refractivity contribution in [3.05, 3.63) is 29.8 Å². The van der Waals surface area contributed by atoms with Crippen LogP contribution in [0.2, 0.25) is 0 Å². The highest BCUT2D eigenvalue weighted by molar-refractivity contribution is 7.91. The van der Waals surface area contributed by atoms with Crippen LogP contribution in [0.25, 0.3) is 0 Å². The highest BCUT2D eigenvalue weighted by Gasteiger charge is 2.38. The van der Waals surface area contributed by atoms with Crippen molar-refractivity contribution in [2.45, 2.75) is 25.2 Å². The lowest BCUT2D eigenvalue weighted by atomic mass is 10.1. The van der Waals surface area contributed by atoms with Gasteiger partial charge in [0.2, 0.25) is 0 Å². The Morgan fingerprint density at radius 2 is 1.94 bits per heavy atom. The van der Waals surface area contributed by atoms with E-state index < -0.39 is 22.0 Å². The van der Waals surface area contributed by atoms with E-state index in [4.69, 9.17) is 10.5 Å². The zero-order valence-electron chi connectivity index (χ0n) is 10.1. The van der Waals surface area contributed by atoms with Crippen molar-refractivity contribution < 1.29 is 18.3 Å². The van der Waals surface area contributed by atoms with Gasteiger partial charge >= 0.3 is 0 Å². The number of ether oxygens (including phenoxy) is 1. The minimum atomic E-state index is -3.18. The molecule has 5 nitrogen and oxygen atoms in total. The van der Waals surface area contributed by atoms with E-state index in [-0.39, 0.29) is 17.5 Å². The third-order valence-corrected chi connectivity index (χ3v) is 4.65. The summed E-state index contributed by atoms with van der Waals surface area (Å²) >= 11 is 0. The topological polar surface area (TPSA) is 89.6 Å². The van der Waals surface area contributed by atoms with Crippen LogP contribution in [0.1, 0.15) is 18.5 Å². The molecule has 18 heavy (non-hydrogen) atoms. The quantitative estimate of drug-likeness (QED) is 0.822. The number of rotatable bonds is 3. The molecule has 3 unspecified atom stereocenters. The molecule has 6 heteroatoms. The molecule has 1 heterocycles. The third-order valence-electron chi connectivity index (χ3n) is 2.97. The van der Waals surface area contributed by atoms with E-state index in [0.717, 1.165) is 5.56 Å². The lowest BCUT2D eigenvalue weighted by Crippen LogP contribution is -2.29. The van der Waals surface area contributed by atoms with Gasteiger partial charge < -0.3 is 15.6 Å². The van der Waals surface area contributed by atoms with Gasteiger partial charge in [0.15, 0.2) is 9.84 Å². The minimum absolute atomic E-state index is 0.0588.